The first-order valence-electron chi connectivity index (χ1n) is 7.93. The average Bonchev–Trinajstić information content (AvgIpc) is 2.57. The molecule has 1 aliphatic rings. The Kier molecular flexibility index (Phi) is 4.81. The third-order valence-corrected chi connectivity index (χ3v) is 3.91. The zero-order valence-corrected chi connectivity index (χ0v) is 13.2. The van der Waals surface area contributed by atoms with Gasteiger partial charge in [-0.05, 0) is 25.1 Å². The van der Waals surface area contributed by atoms with Gasteiger partial charge >= 0.3 is 0 Å². The van der Waals surface area contributed by atoms with Crippen molar-refractivity contribution in [2.75, 3.05) is 13.2 Å². The lowest BCUT2D eigenvalue weighted by atomic mass is 10.0. The number of hydrogen-bond acceptors (Lipinski definition) is 3. The number of ether oxygens (including phenoxy) is 2. The molecule has 4 nitrogen and oxygen atoms in total. The Bertz CT molecular complexity index is 667. The zero-order chi connectivity index (χ0) is 16.1. The van der Waals surface area contributed by atoms with Crippen LogP contribution in [0, 0.1) is 6.92 Å². The zero-order valence-electron chi connectivity index (χ0n) is 13.2. The second kappa shape index (κ2) is 7.18. The number of hydrogen-bond donors (Lipinski definition) is 1. The van der Waals surface area contributed by atoms with Crippen molar-refractivity contribution < 1.29 is 14.3 Å². The van der Waals surface area contributed by atoms with Gasteiger partial charge in [-0.25, -0.2) is 0 Å². The molecule has 0 fully saturated rings. The van der Waals surface area contributed by atoms with Crippen molar-refractivity contribution in [1.82, 2.24) is 5.32 Å². The summed E-state index contributed by atoms with van der Waals surface area (Å²) in [5.41, 5.74) is 2.24. The van der Waals surface area contributed by atoms with Gasteiger partial charge in [-0.15, -0.1) is 0 Å². The maximum absolute atomic E-state index is 12.1. The Hall–Kier alpha value is -2.49. The first-order valence-corrected chi connectivity index (χ1v) is 7.93. The summed E-state index contributed by atoms with van der Waals surface area (Å²) in [4.78, 5) is 12.1. The summed E-state index contributed by atoms with van der Waals surface area (Å²) in [7, 11) is 0. The van der Waals surface area contributed by atoms with Crippen LogP contribution in [0.1, 0.15) is 30.0 Å². The largest absolute Gasteiger partial charge is 0.493 e. The van der Waals surface area contributed by atoms with E-state index in [9.17, 15) is 4.79 Å². The minimum Gasteiger partial charge on any atom is -0.493 e. The van der Waals surface area contributed by atoms with Gasteiger partial charge < -0.3 is 14.8 Å². The molecule has 120 valence electrons. The monoisotopic (exact) mass is 311 g/mol. The van der Waals surface area contributed by atoms with Crippen LogP contribution in [-0.4, -0.2) is 19.1 Å². The third-order valence-electron chi connectivity index (χ3n) is 3.91. The molecule has 0 radical (unpaired) electrons. The summed E-state index contributed by atoms with van der Waals surface area (Å²) in [5, 5.41) is 3.07. The van der Waals surface area contributed by atoms with Crippen molar-refractivity contribution in [2.45, 2.75) is 25.8 Å². The lowest BCUT2D eigenvalue weighted by Crippen LogP contribution is -2.32. The minimum atomic E-state index is -0.00110. The Labute approximate surface area is 136 Å². The lowest BCUT2D eigenvalue weighted by molar-refractivity contribution is -0.122. The lowest BCUT2D eigenvalue weighted by Gasteiger charge is -2.26. The molecule has 1 heterocycles. The number of para-hydroxylation sites is 1. The smallest absolute Gasteiger partial charge is 0.223 e. The highest BCUT2D eigenvalue weighted by molar-refractivity contribution is 5.76. The maximum Gasteiger partial charge on any atom is 0.223 e. The second-order valence-corrected chi connectivity index (χ2v) is 5.71. The molecule has 1 unspecified atom stereocenters. The predicted molar refractivity (Wildman–Crippen MR) is 88.7 cm³/mol. The number of fused-ring (bicyclic) bond motifs is 1. The van der Waals surface area contributed by atoms with Gasteiger partial charge in [0.05, 0.1) is 25.7 Å². The van der Waals surface area contributed by atoms with E-state index in [1.807, 2.05) is 55.5 Å². The van der Waals surface area contributed by atoms with E-state index < -0.39 is 0 Å². The van der Waals surface area contributed by atoms with Crippen molar-refractivity contribution in [3.63, 3.8) is 0 Å². The van der Waals surface area contributed by atoms with Crippen molar-refractivity contribution in [1.29, 1.82) is 0 Å². The van der Waals surface area contributed by atoms with Crippen LogP contribution in [0.3, 0.4) is 0 Å². The van der Waals surface area contributed by atoms with Gasteiger partial charge in [0.1, 0.15) is 11.5 Å². The molecule has 2 aromatic rings. The Morgan fingerprint density at radius 1 is 1.22 bits per heavy atom. The molecule has 4 heteroatoms. The summed E-state index contributed by atoms with van der Waals surface area (Å²) in [5.74, 6) is 1.65. The Balaban J connectivity index is 1.49. The van der Waals surface area contributed by atoms with Gasteiger partial charge in [0.15, 0.2) is 0 Å². The van der Waals surface area contributed by atoms with E-state index in [-0.39, 0.29) is 11.9 Å². The van der Waals surface area contributed by atoms with E-state index in [0.29, 0.717) is 19.6 Å². The van der Waals surface area contributed by atoms with E-state index >= 15 is 0 Å². The Morgan fingerprint density at radius 3 is 2.83 bits per heavy atom. The van der Waals surface area contributed by atoms with Crippen LogP contribution in [0.4, 0.5) is 0 Å². The van der Waals surface area contributed by atoms with Crippen LogP contribution >= 0.6 is 0 Å². The molecule has 0 aliphatic carbocycles. The highest BCUT2D eigenvalue weighted by Gasteiger charge is 2.22. The van der Waals surface area contributed by atoms with Crippen LogP contribution in [0.5, 0.6) is 11.5 Å². The van der Waals surface area contributed by atoms with Crippen LogP contribution in [0.25, 0.3) is 0 Å². The molecule has 0 spiro atoms. The molecular weight excluding hydrogens is 290 g/mol. The number of carbonyl (C=O) groups is 1. The molecule has 2 aromatic carbocycles. The number of aryl methyl sites for hydroxylation is 1. The molecule has 1 amide bonds. The fourth-order valence-corrected chi connectivity index (χ4v) is 2.65. The molecule has 1 atom stereocenters. The molecule has 1 aliphatic heterocycles. The van der Waals surface area contributed by atoms with Gasteiger partial charge in [-0.3, -0.25) is 4.79 Å². The third kappa shape index (κ3) is 4.03. The van der Waals surface area contributed by atoms with Gasteiger partial charge in [-0.1, -0.05) is 35.9 Å². The van der Waals surface area contributed by atoms with E-state index in [0.717, 1.165) is 23.5 Å². The van der Waals surface area contributed by atoms with Crippen LogP contribution in [0.15, 0.2) is 48.5 Å². The van der Waals surface area contributed by atoms with E-state index in [2.05, 4.69) is 5.32 Å². The molecule has 0 bridgehead atoms. The maximum atomic E-state index is 12.1. The normalized spacial score (nSPS) is 16.1. The van der Waals surface area contributed by atoms with E-state index in [4.69, 9.17) is 9.47 Å². The van der Waals surface area contributed by atoms with Crippen molar-refractivity contribution in [3.05, 3.63) is 59.7 Å². The standard InChI is InChI=1S/C19H21NO3/c1-14-6-8-15(9-7-14)22-13-11-19(21)20-17-10-12-23-18-5-3-2-4-16(17)18/h2-9,17H,10-13H2,1H3,(H,20,21). The minimum absolute atomic E-state index is 0.00110. The molecule has 1 N–H and O–H groups in total. The molecule has 23 heavy (non-hydrogen) atoms. The summed E-state index contributed by atoms with van der Waals surface area (Å²) >= 11 is 0. The number of carbonyl (C=O) groups excluding carboxylic acids is 1. The predicted octanol–water partition coefficient (Wildman–Crippen LogP) is 3.40. The number of benzene rings is 2. The van der Waals surface area contributed by atoms with Crippen LogP contribution in [-0.2, 0) is 4.79 Å². The topological polar surface area (TPSA) is 47.6 Å². The fourth-order valence-electron chi connectivity index (χ4n) is 2.65. The summed E-state index contributed by atoms with van der Waals surface area (Å²) < 4.78 is 11.2. The summed E-state index contributed by atoms with van der Waals surface area (Å²) in [6, 6.07) is 15.7. The van der Waals surface area contributed by atoms with Gasteiger partial charge in [0, 0.05) is 12.0 Å². The first kappa shape index (κ1) is 15.4. The summed E-state index contributed by atoms with van der Waals surface area (Å²) in [6.07, 6.45) is 1.13. The SMILES string of the molecule is Cc1ccc(OCCC(=O)NC2CCOc3ccccc32)cc1. The van der Waals surface area contributed by atoms with E-state index in [1.165, 1.54) is 5.56 Å². The molecular formula is C19H21NO3. The first-order chi connectivity index (χ1) is 11.2. The van der Waals surface area contributed by atoms with Crippen LogP contribution < -0.4 is 14.8 Å². The van der Waals surface area contributed by atoms with E-state index in [1.54, 1.807) is 0 Å². The van der Waals surface area contributed by atoms with Crippen molar-refractivity contribution >= 4 is 5.91 Å². The molecule has 0 aromatic heterocycles. The highest BCUT2D eigenvalue weighted by Crippen LogP contribution is 2.31. The molecule has 0 saturated carbocycles. The van der Waals surface area contributed by atoms with Crippen molar-refractivity contribution in [2.24, 2.45) is 0 Å². The van der Waals surface area contributed by atoms with Crippen molar-refractivity contribution in [3.8, 4) is 11.5 Å². The summed E-state index contributed by atoms with van der Waals surface area (Å²) in [6.45, 7) is 3.03. The highest BCUT2D eigenvalue weighted by atomic mass is 16.5. The molecule has 3 rings (SSSR count). The number of amides is 1. The quantitative estimate of drug-likeness (QED) is 0.920. The number of nitrogens with one attached hydrogen (secondary N) is 1. The Morgan fingerprint density at radius 2 is 2.00 bits per heavy atom. The average molecular weight is 311 g/mol. The van der Waals surface area contributed by atoms with Gasteiger partial charge in [0.25, 0.3) is 0 Å². The van der Waals surface area contributed by atoms with Gasteiger partial charge in [0.2, 0.25) is 5.91 Å². The van der Waals surface area contributed by atoms with Crippen LogP contribution in [0.2, 0.25) is 0 Å². The molecule has 0 saturated heterocycles. The number of rotatable bonds is 5. The second-order valence-electron chi connectivity index (χ2n) is 5.71. The fraction of sp³-hybridized carbons (Fsp3) is 0.316. The van der Waals surface area contributed by atoms with Gasteiger partial charge in [-0.2, -0.15) is 0 Å².